The van der Waals surface area contributed by atoms with Crippen molar-refractivity contribution in [3.05, 3.63) is 12.1 Å². The molecule has 1 aromatic carbocycles. The van der Waals surface area contributed by atoms with Crippen LogP contribution in [0.5, 0.6) is 0 Å². The molecule has 0 radical (unpaired) electrons. The topological polar surface area (TPSA) is 68.2 Å². The molecule has 0 spiro atoms. The minimum absolute atomic E-state index is 0.623. The largest absolute Gasteiger partial charge is 0.397 e. The van der Waals surface area contributed by atoms with Crippen LogP contribution in [-0.4, -0.2) is 23.4 Å². The molecule has 18 heavy (non-hydrogen) atoms. The zero-order valence-electron chi connectivity index (χ0n) is 10.6. The fraction of sp³-hybridized carbons (Fsp3) is 0.538. The Bertz CT molecular complexity index is 547. The summed E-state index contributed by atoms with van der Waals surface area (Å²) in [6, 6.07) is 3.91. The fourth-order valence-corrected chi connectivity index (χ4v) is 2.32. The van der Waals surface area contributed by atoms with E-state index in [0.717, 1.165) is 36.6 Å². The van der Waals surface area contributed by atoms with E-state index in [1.807, 2.05) is 12.1 Å². The summed E-state index contributed by atoms with van der Waals surface area (Å²) in [6.07, 6.45) is 3.80. The minimum atomic E-state index is 0.623. The van der Waals surface area contributed by atoms with Crippen molar-refractivity contribution < 1.29 is 4.63 Å². The number of rotatable bonds is 5. The van der Waals surface area contributed by atoms with Crippen LogP contribution in [0.25, 0.3) is 11.0 Å². The van der Waals surface area contributed by atoms with Crippen molar-refractivity contribution >= 4 is 22.4 Å². The lowest BCUT2D eigenvalue weighted by Gasteiger charge is -2.24. The van der Waals surface area contributed by atoms with Crippen LogP contribution in [0.4, 0.5) is 11.4 Å². The molecular weight excluding hydrogens is 228 g/mol. The van der Waals surface area contributed by atoms with E-state index >= 15 is 0 Å². The summed E-state index contributed by atoms with van der Waals surface area (Å²) in [5, 5.41) is 7.88. The Morgan fingerprint density at radius 1 is 1.33 bits per heavy atom. The summed E-state index contributed by atoms with van der Waals surface area (Å²) >= 11 is 0. The van der Waals surface area contributed by atoms with Crippen LogP contribution in [0.1, 0.15) is 26.2 Å². The summed E-state index contributed by atoms with van der Waals surface area (Å²) in [5.74, 6) is 0.837. The predicted octanol–water partition coefficient (Wildman–Crippen LogP) is 2.43. The summed E-state index contributed by atoms with van der Waals surface area (Å²) in [5.41, 5.74) is 9.04. The number of hydrogen-bond acceptors (Lipinski definition) is 5. The van der Waals surface area contributed by atoms with Gasteiger partial charge >= 0.3 is 0 Å². The molecule has 1 heterocycles. The van der Waals surface area contributed by atoms with Crippen LogP contribution in [-0.2, 0) is 0 Å². The molecule has 0 amide bonds. The van der Waals surface area contributed by atoms with Crippen molar-refractivity contribution in [3.8, 4) is 0 Å². The zero-order valence-corrected chi connectivity index (χ0v) is 10.6. The van der Waals surface area contributed by atoms with E-state index in [1.165, 1.54) is 12.8 Å². The number of nitrogens with two attached hydrogens (primary N) is 1. The molecule has 2 aromatic rings. The van der Waals surface area contributed by atoms with Crippen LogP contribution in [0, 0.1) is 5.92 Å². The molecule has 1 aliphatic rings. The van der Waals surface area contributed by atoms with Crippen LogP contribution in [0.2, 0.25) is 0 Å². The van der Waals surface area contributed by atoms with Gasteiger partial charge in [0.25, 0.3) is 0 Å². The number of fused-ring (bicyclic) bond motifs is 1. The number of aromatic nitrogens is 2. The summed E-state index contributed by atoms with van der Waals surface area (Å²) in [4.78, 5) is 2.38. The summed E-state index contributed by atoms with van der Waals surface area (Å²) in [6.45, 7) is 4.32. The van der Waals surface area contributed by atoms with Crippen LogP contribution < -0.4 is 10.6 Å². The normalized spacial score (nSPS) is 15.2. The van der Waals surface area contributed by atoms with Crippen molar-refractivity contribution in [3.63, 3.8) is 0 Å². The average Bonchev–Trinajstić information content (AvgIpc) is 3.03. The first-order valence-corrected chi connectivity index (χ1v) is 6.55. The maximum absolute atomic E-state index is 5.88. The zero-order chi connectivity index (χ0) is 12.5. The Morgan fingerprint density at radius 2 is 2.11 bits per heavy atom. The van der Waals surface area contributed by atoms with Crippen molar-refractivity contribution in [1.82, 2.24) is 10.3 Å². The molecule has 2 N–H and O–H groups in total. The second kappa shape index (κ2) is 4.48. The smallest absolute Gasteiger partial charge is 0.160 e. The molecule has 1 aromatic heterocycles. The van der Waals surface area contributed by atoms with Gasteiger partial charge in [-0.3, -0.25) is 0 Å². The van der Waals surface area contributed by atoms with E-state index in [-0.39, 0.29) is 0 Å². The molecule has 3 rings (SSSR count). The molecule has 5 heteroatoms. The quantitative estimate of drug-likeness (QED) is 0.821. The van der Waals surface area contributed by atoms with Gasteiger partial charge < -0.3 is 10.6 Å². The number of benzene rings is 1. The minimum Gasteiger partial charge on any atom is -0.397 e. The van der Waals surface area contributed by atoms with Gasteiger partial charge in [-0.25, -0.2) is 4.63 Å². The van der Waals surface area contributed by atoms with E-state index in [2.05, 4.69) is 22.1 Å². The second-order valence-corrected chi connectivity index (χ2v) is 5.02. The summed E-state index contributed by atoms with van der Waals surface area (Å²) < 4.78 is 4.83. The maximum atomic E-state index is 5.88. The molecule has 0 atom stereocenters. The Balaban J connectivity index is 1.99. The van der Waals surface area contributed by atoms with Gasteiger partial charge in [0, 0.05) is 13.1 Å². The van der Waals surface area contributed by atoms with Crippen molar-refractivity contribution in [1.29, 1.82) is 0 Å². The Labute approximate surface area is 106 Å². The fourth-order valence-electron chi connectivity index (χ4n) is 2.32. The van der Waals surface area contributed by atoms with Gasteiger partial charge in [-0.1, -0.05) is 6.92 Å². The van der Waals surface area contributed by atoms with Crippen molar-refractivity contribution in [2.24, 2.45) is 5.92 Å². The van der Waals surface area contributed by atoms with Crippen molar-refractivity contribution in [2.45, 2.75) is 26.2 Å². The highest BCUT2D eigenvalue weighted by atomic mass is 16.6. The number of anilines is 2. The lowest BCUT2D eigenvalue weighted by atomic mass is 10.2. The molecule has 1 aliphatic carbocycles. The third kappa shape index (κ3) is 2.00. The third-order valence-electron chi connectivity index (χ3n) is 3.44. The van der Waals surface area contributed by atoms with E-state index in [1.54, 1.807) is 0 Å². The number of hydrogen-bond donors (Lipinski definition) is 1. The highest BCUT2D eigenvalue weighted by Crippen LogP contribution is 2.34. The van der Waals surface area contributed by atoms with Crippen LogP contribution >= 0.6 is 0 Å². The first kappa shape index (κ1) is 11.3. The average molecular weight is 246 g/mol. The number of nitrogens with zero attached hydrogens (tertiary/aromatic N) is 3. The van der Waals surface area contributed by atoms with Gasteiger partial charge in [-0.05, 0) is 47.6 Å². The van der Waals surface area contributed by atoms with Crippen molar-refractivity contribution in [2.75, 3.05) is 23.7 Å². The van der Waals surface area contributed by atoms with Crippen LogP contribution in [0.3, 0.4) is 0 Å². The molecule has 0 unspecified atom stereocenters. The maximum Gasteiger partial charge on any atom is 0.160 e. The molecule has 1 fully saturated rings. The van der Waals surface area contributed by atoms with E-state index in [4.69, 9.17) is 10.4 Å². The third-order valence-corrected chi connectivity index (χ3v) is 3.44. The van der Waals surface area contributed by atoms with Gasteiger partial charge in [0.1, 0.15) is 0 Å². The van der Waals surface area contributed by atoms with Gasteiger partial charge in [0.2, 0.25) is 0 Å². The second-order valence-electron chi connectivity index (χ2n) is 5.02. The molecule has 0 aliphatic heterocycles. The highest BCUT2D eigenvalue weighted by molar-refractivity contribution is 5.95. The SMILES string of the molecule is CCCN(CC1CC1)c1ccc(N)c2nonc12. The monoisotopic (exact) mass is 246 g/mol. The van der Waals surface area contributed by atoms with Gasteiger partial charge in [0.15, 0.2) is 11.0 Å². The Hall–Kier alpha value is -1.78. The van der Waals surface area contributed by atoms with E-state index in [9.17, 15) is 0 Å². The van der Waals surface area contributed by atoms with Crippen LogP contribution in [0.15, 0.2) is 16.8 Å². The van der Waals surface area contributed by atoms with Gasteiger partial charge in [-0.2, -0.15) is 0 Å². The van der Waals surface area contributed by atoms with E-state index < -0.39 is 0 Å². The van der Waals surface area contributed by atoms with Gasteiger partial charge in [-0.15, -0.1) is 0 Å². The molecule has 5 nitrogen and oxygen atoms in total. The lowest BCUT2D eigenvalue weighted by molar-refractivity contribution is 0.315. The molecule has 96 valence electrons. The highest BCUT2D eigenvalue weighted by Gasteiger charge is 2.25. The molecule has 0 saturated heterocycles. The van der Waals surface area contributed by atoms with E-state index in [0.29, 0.717) is 11.2 Å². The lowest BCUT2D eigenvalue weighted by Crippen LogP contribution is -2.26. The first-order chi connectivity index (χ1) is 8.79. The Morgan fingerprint density at radius 3 is 2.83 bits per heavy atom. The van der Waals surface area contributed by atoms with Gasteiger partial charge in [0.05, 0.1) is 11.4 Å². The number of nitrogen functional groups attached to an aromatic ring is 1. The molecule has 0 bridgehead atoms. The molecular formula is C13H18N4O. The Kier molecular flexibility index (Phi) is 2.81. The standard InChI is InChI=1S/C13H18N4O/c1-2-7-17(8-9-3-4-9)11-6-5-10(14)12-13(11)16-18-15-12/h5-6,9H,2-4,7-8,14H2,1H3. The molecule has 1 saturated carbocycles. The first-order valence-electron chi connectivity index (χ1n) is 6.55. The predicted molar refractivity (Wildman–Crippen MR) is 71.4 cm³/mol. The summed E-state index contributed by atoms with van der Waals surface area (Å²) in [7, 11) is 0.